The minimum Gasteiger partial charge on any atom is -0.311 e. The molecule has 1 aromatic heterocycles. The molecule has 0 saturated carbocycles. The summed E-state index contributed by atoms with van der Waals surface area (Å²) >= 11 is 0. The highest BCUT2D eigenvalue weighted by molar-refractivity contribution is 5.15. The van der Waals surface area contributed by atoms with Crippen LogP contribution >= 0.6 is 0 Å². The largest absolute Gasteiger partial charge is 0.311 e. The van der Waals surface area contributed by atoms with E-state index in [0.717, 1.165) is 5.56 Å². The SMILES string of the molecule is O=c1[c]cccn1Cc1ccccc1. The molecule has 69 valence electrons. The van der Waals surface area contributed by atoms with E-state index in [1.165, 1.54) is 0 Å². The van der Waals surface area contributed by atoms with Crippen molar-refractivity contribution in [2.45, 2.75) is 6.54 Å². The number of nitrogens with zero attached hydrogens (tertiary/aromatic N) is 1. The molecule has 0 aliphatic rings. The number of pyridine rings is 1. The molecule has 2 heteroatoms. The molecule has 0 fully saturated rings. The summed E-state index contributed by atoms with van der Waals surface area (Å²) in [6, 6.07) is 16.0. The quantitative estimate of drug-likeness (QED) is 0.696. The Kier molecular flexibility index (Phi) is 2.45. The molecule has 2 rings (SSSR count). The first-order chi connectivity index (χ1) is 6.86. The van der Waals surface area contributed by atoms with E-state index in [9.17, 15) is 4.79 Å². The van der Waals surface area contributed by atoms with E-state index in [2.05, 4.69) is 6.07 Å². The van der Waals surface area contributed by atoms with Gasteiger partial charge in [-0.3, -0.25) is 4.79 Å². The molecule has 1 radical (unpaired) electrons. The molecular formula is C12H10NO. The molecule has 0 spiro atoms. The molecular weight excluding hydrogens is 174 g/mol. The van der Waals surface area contributed by atoms with E-state index >= 15 is 0 Å². The summed E-state index contributed by atoms with van der Waals surface area (Å²) in [5.41, 5.74) is 1.03. The lowest BCUT2D eigenvalue weighted by molar-refractivity contribution is 0.758. The van der Waals surface area contributed by atoms with Gasteiger partial charge >= 0.3 is 0 Å². The van der Waals surface area contributed by atoms with Gasteiger partial charge in [0.2, 0.25) is 0 Å². The third-order valence-corrected chi connectivity index (χ3v) is 2.03. The molecule has 0 atom stereocenters. The summed E-state index contributed by atoms with van der Waals surface area (Å²) in [6.45, 7) is 0.608. The number of rotatable bonds is 2. The maximum absolute atomic E-state index is 11.3. The summed E-state index contributed by atoms with van der Waals surface area (Å²) in [6.07, 6.45) is 1.77. The topological polar surface area (TPSA) is 22.0 Å². The van der Waals surface area contributed by atoms with E-state index in [-0.39, 0.29) is 5.56 Å². The van der Waals surface area contributed by atoms with E-state index < -0.39 is 0 Å². The maximum Gasteiger partial charge on any atom is 0.258 e. The van der Waals surface area contributed by atoms with Crippen molar-refractivity contribution in [1.82, 2.24) is 4.57 Å². The lowest BCUT2D eigenvalue weighted by Gasteiger charge is -2.03. The van der Waals surface area contributed by atoms with Gasteiger partial charge in [-0.2, -0.15) is 0 Å². The van der Waals surface area contributed by atoms with Gasteiger partial charge in [0.05, 0.1) is 12.6 Å². The molecule has 0 saturated heterocycles. The summed E-state index contributed by atoms with van der Waals surface area (Å²) in [4.78, 5) is 11.3. The van der Waals surface area contributed by atoms with Crippen molar-refractivity contribution in [1.29, 1.82) is 0 Å². The predicted molar refractivity (Wildman–Crippen MR) is 55.1 cm³/mol. The highest BCUT2D eigenvalue weighted by Gasteiger charge is 1.94. The van der Waals surface area contributed by atoms with Gasteiger partial charge in [0.25, 0.3) is 5.56 Å². The van der Waals surface area contributed by atoms with Gasteiger partial charge in [-0.1, -0.05) is 30.3 Å². The van der Waals surface area contributed by atoms with Crippen LogP contribution < -0.4 is 5.56 Å². The Morgan fingerprint density at radius 3 is 2.64 bits per heavy atom. The number of hydrogen-bond acceptors (Lipinski definition) is 1. The smallest absolute Gasteiger partial charge is 0.258 e. The van der Waals surface area contributed by atoms with Crippen LogP contribution in [0.25, 0.3) is 0 Å². The number of aromatic nitrogens is 1. The van der Waals surface area contributed by atoms with E-state index in [1.54, 1.807) is 16.8 Å². The molecule has 0 N–H and O–H groups in total. The number of hydrogen-bond donors (Lipinski definition) is 0. The maximum atomic E-state index is 11.3. The van der Waals surface area contributed by atoms with Gasteiger partial charge in [0.1, 0.15) is 0 Å². The van der Waals surface area contributed by atoms with E-state index in [4.69, 9.17) is 0 Å². The Bertz CT molecular complexity index is 459. The highest BCUT2D eigenvalue weighted by Crippen LogP contribution is 1.99. The van der Waals surface area contributed by atoms with Crippen molar-refractivity contribution in [3.05, 3.63) is 70.6 Å². The zero-order chi connectivity index (χ0) is 9.80. The molecule has 0 amide bonds. The second-order valence-electron chi connectivity index (χ2n) is 3.07. The molecule has 2 nitrogen and oxygen atoms in total. The molecule has 1 aromatic carbocycles. The van der Waals surface area contributed by atoms with Crippen molar-refractivity contribution >= 4 is 0 Å². The molecule has 14 heavy (non-hydrogen) atoms. The lowest BCUT2D eigenvalue weighted by Crippen LogP contribution is -2.18. The third kappa shape index (κ3) is 1.91. The summed E-state index contributed by atoms with van der Waals surface area (Å²) in [5.74, 6) is 0. The Hall–Kier alpha value is -1.83. The van der Waals surface area contributed by atoms with Gasteiger partial charge in [-0.05, 0) is 17.7 Å². The van der Waals surface area contributed by atoms with Crippen LogP contribution in [0.2, 0.25) is 0 Å². The Morgan fingerprint density at radius 2 is 1.93 bits per heavy atom. The Morgan fingerprint density at radius 1 is 1.14 bits per heavy atom. The van der Waals surface area contributed by atoms with Crippen LogP contribution in [-0.2, 0) is 6.54 Å². The molecule has 2 aromatic rings. The van der Waals surface area contributed by atoms with E-state index in [0.29, 0.717) is 6.54 Å². The van der Waals surface area contributed by atoms with Crippen LogP contribution in [0, 0.1) is 6.07 Å². The van der Waals surface area contributed by atoms with Crippen molar-refractivity contribution in [3.8, 4) is 0 Å². The lowest BCUT2D eigenvalue weighted by atomic mass is 10.2. The normalized spacial score (nSPS) is 10.0. The average molecular weight is 184 g/mol. The van der Waals surface area contributed by atoms with Crippen LogP contribution in [-0.4, -0.2) is 4.57 Å². The number of benzene rings is 1. The van der Waals surface area contributed by atoms with Crippen molar-refractivity contribution in [3.63, 3.8) is 0 Å². The van der Waals surface area contributed by atoms with Gasteiger partial charge in [0.15, 0.2) is 0 Å². The first kappa shape index (κ1) is 8.75. The minimum atomic E-state index is -0.0867. The van der Waals surface area contributed by atoms with Gasteiger partial charge in [-0.15, -0.1) is 0 Å². The van der Waals surface area contributed by atoms with Gasteiger partial charge in [-0.25, -0.2) is 0 Å². The molecule has 0 bridgehead atoms. The fourth-order valence-electron chi connectivity index (χ4n) is 1.32. The third-order valence-electron chi connectivity index (χ3n) is 2.03. The van der Waals surface area contributed by atoms with Crippen LogP contribution in [0.3, 0.4) is 0 Å². The predicted octanol–water partition coefficient (Wildman–Crippen LogP) is 1.70. The van der Waals surface area contributed by atoms with Crippen molar-refractivity contribution < 1.29 is 0 Å². The van der Waals surface area contributed by atoms with Gasteiger partial charge in [0, 0.05) is 6.20 Å². The second-order valence-corrected chi connectivity index (χ2v) is 3.07. The molecule has 0 aliphatic carbocycles. The average Bonchev–Trinajstić information content (AvgIpc) is 2.23. The molecule has 1 heterocycles. The monoisotopic (exact) mass is 184 g/mol. The summed E-state index contributed by atoms with van der Waals surface area (Å²) < 4.78 is 1.63. The fraction of sp³-hybridized carbons (Fsp3) is 0.0833. The van der Waals surface area contributed by atoms with Crippen LogP contribution in [0.1, 0.15) is 5.56 Å². The van der Waals surface area contributed by atoms with Crippen LogP contribution in [0.4, 0.5) is 0 Å². The molecule has 0 aliphatic heterocycles. The summed E-state index contributed by atoms with van der Waals surface area (Å²) in [7, 11) is 0. The first-order valence-corrected chi connectivity index (χ1v) is 4.47. The van der Waals surface area contributed by atoms with Crippen LogP contribution in [0.5, 0.6) is 0 Å². The first-order valence-electron chi connectivity index (χ1n) is 4.47. The van der Waals surface area contributed by atoms with Crippen molar-refractivity contribution in [2.75, 3.05) is 0 Å². The summed E-state index contributed by atoms with van der Waals surface area (Å²) in [5, 5.41) is 0. The Balaban J connectivity index is 2.28. The zero-order valence-corrected chi connectivity index (χ0v) is 7.68. The Labute approximate surface area is 82.4 Å². The molecule has 0 unspecified atom stereocenters. The standard InChI is InChI=1S/C12H10NO/c14-12-8-4-5-9-13(12)10-11-6-2-1-3-7-11/h1-7,9H,10H2. The zero-order valence-electron chi connectivity index (χ0n) is 7.68. The fourth-order valence-corrected chi connectivity index (χ4v) is 1.32. The van der Waals surface area contributed by atoms with Crippen molar-refractivity contribution in [2.24, 2.45) is 0 Å². The van der Waals surface area contributed by atoms with E-state index in [1.807, 2.05) is 36.4 Å². The second kappa shape index (κ2) is 3.92. The van der Waals surface area contributed by atoms with Crippen LogP contribution in [0.15, 0.2) is 53.5 Å². The van der Waals surface area contributed by atoms with Gasteiger partial charge < -0.3 is 4.57 Å². The highest BCUT2D eigenvalue weighted by atomic mass is 16.1. The minimum absolute atomic E-state index is 0.0867.